The van der Waals surface area contributed by atoms with Crippen molar-refractivity contribution in [2.75, 3.05) is 0 Å². The van der Waals surface area contributed by atoms with Gasteiger partial charge in [0.15, 0.2) is 6.21 Å². The highest BCUT2D eigenvalue weighted by atomic mass is 15.4. The van der Waals surface area contributed by atoms with Crippen LogP contribution in [0.1, 0.15) is 0 Å². The summed E-state index contributed by atoms with van der Waals surface area (Å²) in [6.07, 6.45) is 3.15. The Bertz CT molecular complexity index is 113. The maximum absolute atomic E-state index is 3.56. The van der Waals surface area contributed by atoms with Gasteiger partial charge in [0.25, 0.3) is 0 Å². The summed E-state index contributed by atoms with van der Waals surface area (Å²) in [5, 5.41) is 10.3. The number of hydrogen-bond acceptors (Lipinski definition) is 3. The monoisotopic (exact) mass is 94.0 g/mol. The van der Waals surface area contributed by atoms with E-state index < -0.39 is 0 Å². The van der Waals surface area contributed by atoms with Crippen LogP contribution in [0.5, 0.6) is 0 Å². The number of hydrogen-bond donors (Lipinski definition) is 0. The minimum Gasteiger partial charge on any atom is -0.112 e. The molecule has 7 heavy (non-hydrogen) atoms. The van der Waals surface area contributed by atoms with Gasteiger partial charge in [-0.3, -0.25) is 0 Å². The first-order chi connectivity index (χ1) is 3.43. The zero-order valence-electron chi connectivity index (χ0n) is 3.70. The number of nitrogens with zero attached hydrogens (tertiary/aromatic N) is 3. The van der Waals surface area contributed by atoms with Gasteiger partial charge in [-0.15, -0.1) is 5.10 Å². The molecular formula is C4H4N3+. The van der Waals surface area contributed by atoms with E-state index in [0.717, 1.165) is 6.04 Å². The lowest BCUT2D eigenvalue weighted by atomic mass is 10.3. The van der Waals surface area contributed by atoms with Crippen LogP contribution < -0.4 is 0 Å². The van der Waals surface area contributed by atoms with Crippen molar-refractivity contribution in [2.24, 2.45) is 15.4 Å². The highest BCUT2D eigenvalue weighted by molar-refractivity contribution is 5.77. The molecule has 0 N–H and O–H groups in total. The molecule has 0 amide bonds. The van der Waals surface area contributed by atoms with Crippen LogP contribution >= 0.6 is 0 Å². The minimum atomic E-state index is 0.722. The highest BCUT2D eigenvalue weighted by Crippen LogP contribution is 2.05. The van der Waals surface area contributed by atoms with Gasteiger partial charge in [-0.05, 0) is 10.3 Å². The van der Waals surface area contributed by atoms with Gasteiger partial charge in [-0.1, -0.05) is 0 Å². The molecule has 0 saturated carbocycles. The minimum absolute atomic E-state index is 0.722. The van der Waals surface area contributed by atoms with Crippen LogP contribution in [0, 0.1) is 6.04 Å². The van der Waals surface area contributed by atoms with Crippen LogP contribution in [0.2, 0.25) is 0 Å². The summed E-state index contributed by atoms with van der Waals surface area (Å²) < 4.78 is 0. The molecule has 1 heterocycles. The first kappa shape index (κ1) is 4.05. The second-order valence-corrected chi connectivity index (χ2v) is 1.06. The van der Waals surface area contributed by atoms with Crippen molar-refractivity contribution >= 4 is 6.21 Å². The summed E-state index contributed by atoms with van der Waals surface area (Å²) in [6.45, 7) is 3.46. The Morgan fingerprint density at radius 2 is 2.57 bits per heavy atom. The maximum atomic E-state index is 3.56. The highest BCUT2D eigenvalue weighted by Gasteiger charge is 2.09. The SMILES string of the molecule is C=C[C+]1C=NN=N1. The Morgan fingerprint density at radius 1 is 1.71 bits per heavy atom. The molecule has 0 spiro atoms. The van der Waals surface area contributed by atoms with E-state index in [1.807, 2.05) is 0 Å². The second-order valence-electron chi connectivity index (χ2n) is 1.06. The summed E-state index contributed by atoms with van der Waals surface area (Å²) in [5.41, 5.74) is 0. The van der Waals surface area contributed by atoms with Crippen molar-refractivity contribution in [3.8, 4) is 0 Å². The Labute approximate surface area is 41.5 Å². The largest absolute Gasteiger partial charge is 0.242 e. The Kier molecular flexibility index (Phi) is 0.898. The van der Waals surface area contributed by atoms with E-state index in [4.69, 9.17) is 0 Å². The second kappa shape index (κ2) is 1.55. The predicted octanol–water partition coefficient (Wildman–Crippen LogP) is 1.16. The Balaban J connectivity index is 2.59. The van der Waals surface area contributed by atoms with E-state index in [-0.39, 0.29) is 0 Å². The normalized spacial score (nSPS) is 15.7. The van der Waals surface area contributed by atoms with E-state index in [1.165, 1.54) is 0 Å². The van der Waals surface area contributed by atoms with E-state index in [0.29, 0.717) is 0 Å². The lowest BCUT2D eigenvalue weighted by Gasteiger charge is -1.69. The molecule has 34 valence electrons. The van der Waals surface area contributed by atoms with Crippen molar-refractivity contribution in [1.29, 1.82) is 0 Å². The summed E-state index contributed by atoms with van der Waals surface area (Å²) in [7, 11) is 0. The van der Waals surface area contributed by atoms with Gasteiger partial charge in [0.2, 0.25) is 6.04 Å². The molecule has 0 aromatic heterocycles. The maximum Gasteiger partial charge on any atom is 0.242 e. The molecule has 0 unspecified atom stereocenters. The molecule has 0 aromatic carbocycles. The average Bonchev–Trinajstić information content (AvgIpc) is 2.14. The molecule has 0 aromatic rings. The van der Waals surface area contributed by atoms with Crippen molar-refractivity contribution in [3.63, 3.8) is 0 Å². The number of rotatable bonds is 1. The van der Waals surface area contributed by atoms with Crippen molar-refractivity contribution in [1.82, 2.24) is 0 Å². The fourth-order valence-corrected chi connectivity index (χ4v) is 0.282. The van der Waals surface area contributed by atoms with Crippen molar-refractivity contribution in [3.05, 3.63) is 18.7 Å². The van der Waals surface area contributed by atoms with E-state index >= 15 is 0 Å². The fourth-order valence-electron chi connectivity index (χ4n) is 0.282. The Hall–Kier alpha value is -1.12. The van der Waals surface area contributed by atoms with Gasteiger partial charge >= 0.3 is 0 Å². The van der Waals surface area contributed by atoms with Crippen molar-refractivity contribution in [2.45, 2.75) is 0 Å². The summed E-state index contributed by atoms with van der Waals surface area (Å²) in [6, 6.07) is 0.722. The fraction of sp³-hybridized carbons (Fsp3) is 0. The molecular weight excluding hydrogens is 90.1 g/mol. The van der Waals surface area contributed by atoms with Gasteiger partial charge in [0.05, 0.1) is 0 Å². The van der Waals surface area contributed by atoms with Gasteiger partial charge in [0, 0.05) is 6.58 Å². The van der Waals surface area contributed by atoms with E-state index in [1.54, 1.807) is 12.3 Å². The van der Waals surface area contributed by atoms with Crippen LogP contribution in [-0.4, -0.2) is 6.21 Å². The zero-order valence-corrected chi connectivity index (χ0v) is 3.70. The Morgan fingerprint density at radius 3 is 2.86 bits per heavy atom. The van der Waals surface area contributed by atoms with Crippen LogP contribution in [0.25, 0.3) is 0 Å². The molecule has 1 rings (SSSR count). The molecule has 3 heteroatoms. The standard InChI is InChI=1S/C4H4N3/c1-2-4-3-5-7-6-4/h2-3H,1H2/q+1. The molecule has 0 atom stereocenters. The lowest BCUT2D eigenvalue weighted by molar-refractivity contribution is 1.06. The van der Waals surface area contributed by atoms with Gasteiger partial charge in [-0.2, -0.15) is 0 Å². The van der Waals surface area contributed by atoms with Crippen LogP contribution in [-0.2, 0) is 0 Å². The predicted molar refractivity (Wildman–Crippen MR) is 26.8 cm³/mol. The lowest BCUT2D eigenvalue weighted by Crippen LogP contribution is -1.80. The van der Waals surface area contributed by atoms with E-state index in [9.17, 15) is 0 Å². The van der Waals surface area contributed by atoms with Crippen LogP contribution in [0.15, 0.2) is 28.1 Å². The quantitative estimate of drug-likeness (QED) is 0.437. The van der Waals surface area contributed by atoms with Gasteiger partial charge in [0.1, 0.15) is 6.08 Å². The average molecular weight is 94.1 g/mol. The molecule has 1 aliphatic heterocycles. The molecule has 0 fully saturated rings. The molecule has 0 aliphatic carbocycles. The van der Waals surface area contributed by atoms with Crippen molar-refractivity contribution < 1.29 is 0 Å². The van der Waals surface area contributed by atoms with Gasteiger partial charge in [-0.25, -0.2) is 0 Å². The van der Waals surface area contributed by atoms with Crippen LogP contribution in [0.4, 0.5) is 0 Å². The zero-order chi connectivity index (χ0) is 5.11. The smallest absolute Gasteiger partial charge is 0.112 e. The first-order valence-electron chi connectivity index (χ1n) is 1.87. The topological polar surface area (TPSA) is 37.1 Å². The van der Waals surface area contributed by atoms with Crippen LogP contribution in [0.3, 0.4) is 0 Å². The summed E-state index contributed by atoms with van der Waals surface area (Å²) in [5.74, 6) is 0. The molecule has 0 radical (unpaired) electrons. The summed E-state index contributed by atoms with van der Waals surface area (Å²) >= 11 is 0. The summed E-state index contributed by atoms with van der Waals surface area (Å²) in [4.78, 5) is 0. The molecule has 0 saturated heterocycles. The third-order valence-corrected chi connectivity index (χ3v) is 0.611. The third-order valence-electron chi connectivity index (χ3n) is 0.611. The third kappa shape index (κ3) is 0.652. The molecule has 1 aliphatic rings. The molecule has 3 nitrogen and oxygen atoms in total. The molecule has 0 bridgehead atoms. The van der Waals surface area contributed by atoms with E-state index in [2.05, 4.69) is 22.0 Å². The van der Waals surface area contributed by atoms with Gasteiger partial charge < -0.3 is 0 Å². The first-order valence-corrected chi connectivity index (χ1v) is 1.87.